The summed E-state index contributed by atoms with van der Waals surface area (Å²) in [6.07, 6.45) is 3.23. The molecule has 132 valence electrons. The van der Waals surface area contributed by atoms with Crippen LogP contribution in [0.25, 0.3) is 0 Å². The highest BCUT2D eigenvalue weighted by Crippen LogP contribution is 2.35. The van der Waals surface area contributed by atoms with Gasteiger partial charge in [-0.05, 0) is 66.8 Å². The number of hydrogen-bond donors (Lipinski definition) is 0. The fourth-order valence-electron chi connectivity index (χ4n) is 2.86. The first-order valence-corrected chi connectivity index (χ1v) is 9.55. The van der Waals surface area contributed by atoms with Crippen molar-refractivity contribution in [1.82, 2.24) is 0 Å². The molecule has 0 aliphatic rings. The summed E-state index contributed by atoms with van der Waals surface area (Å²) in [6.45, 7) is 13.2. The molecule has 2 unspecified atom stereocenters. The monoisotopic (exact) mass is 340 g/mol. The van der Waals surface area contributed by atoms with Crippen LogP contribution in [0, 0.1) is 0 Å². The first-order valence-electron chi connectivity index (χ1n) is 9.02. The molecule has 0 fully saturated rings. The largest absolute Gasteiger partial charge is 0.492 e. The van der Waals surface area contributed by atoms with Crippen LogP contribution in [0.1, 0.15) is 76.0 Å². The van der Waals surface area contributed by atoms with E-state index < -0.39 is 0 Å². The molecule has 0 heterocycles. The van der Waals surface area contributed by atoms with E-state index in [0.717, 1.165) is 38.2 Å². The lowest BCUT2D eigenvalue weighted by atomic mass is 9.84. The lowest BCUT2D eigenvalue weighted by molar-refractivity contribution is 0.150. The summed E-state index contributed by atoms with van der Waals surface area (Å²) in [5.74, 6) is 2.52. The van der Waals surface area contributed by atoms with Crippen molar-refractivity contribution >= 4 is 11.6 Å². The Hall–Kier alpha value is -0.730. The van der Waals surface area contributed by atoms with Gasteiger partial charge in [-0.3, -0.25) is 0 Å². The van der Waals surface area contributed by atoms with Crippen molar-refractivity contribution in [2.75, 3.05) is 25.7 Å². The molecule has 1 aromatic carbocycles. The summed E-state index contributed by atoms with van der Waals surface area (Å²) in [4.78, 5) is 0. The molecule has 23 heavy (non-hydrogen) atoms. The molecule has 0 saturated heterocycles. The summed E-state index contributed by atoms with van der Waals surface area (Å²) in [5.41, 5.74) is 4.28. The Morgan fingerprint density at radius 3 is 1.96 bits per heavy atom. The zero-order chi connectivity index (χ0) is 17.2. The van der Waals surface area contributed by atoms with Gasteiger partial charge in [0.2, 0.25) is 0 Å². The highest BCUT2D eigenvalue weighted by atomic mass is 35.5. The molecule has 0 aromatic heterocycles. The molecule has 0 bridgehead atoms. The number of alkyl halides is 1. The van der Waals surface area contributed by atoms with E-state index in [1.165, 1.54) is 16.7 Å². The molecule has 1 aromatic rings. The third-order valence-electron chi connectivity index (χ3n) is 4.63. The number of ether oxygens (including phenoxy) is 2. The minimum Gasteiger partial charge on any atom is -0.492 e. The molecular formula is C20H33ClO2. The topological polar surface area (TPSA) is 18.5 Å². The van der Waals surface area contributed by atoms with Crippen LogP contribution in [-0.4, -0.2) is 25.7 Å². The maximum absolute atomic E-state index is 5.84. The van der Waals surface area contributed by atoms with E-state index in [-0.39, 0.29) is 0 Å². The molecule has 0 spiro atoms. The van der Waals surface area contributed by atoms with Gasteiger partial charge in [0.15, 0.2) is 0 Å². The summed E-state index contributed by atoms with van der Waals surface area (Å²) >= 11 is 5.78. The summed E-state index contributed by atoms with van der Waals surface area (Å²) in [5, 5.41) is 0. The molecular weight excluding hydrogens is 308 g/mol. The minimum atomic E-state index is 0.517. The van der Waals surface area contributed by atoms with Crippen molar-refractivity contribution in [3.8, 4) is 5.75 Å². The van der Waals surface area contributed by atoms with E-state index in [1.807, 2.05) is 6.92 Å². The Kier molecular flexibility index (Phi) is 9.66. The lowest BCUT2D eigenvalue weighted by Crippen LogP contribution is -2.11. The second kappa shape index (κ2) is 10.9. The number of halogens is 1. The molecule has 0 saturated carbocycles. The van der Waals surface area contributed by atoms with Gasteiger partial charge in [0, 0.05) is 6.61 Å². The van der Waals surface area contributed by atoms with Gasteiger partial charge in [-0.15, -0.1) is 11.6 Å². The first-order chi connectivity index (χ1) is 11.1. The first kappa shape index (κ1) is 20.3. The standard InChI is InChI=1S/C20H33ClO2/c1-6-15(4)19-13-17(23-12-10-21)14-20(16(5)7-2)18(19)9-11-22-8-3/h13-16H,6-12H2,1-5H3. The fraction of sp³-hybridized carbons (Fsp3) is 0.700. The second-order valence-corrected chi connectivity index (χ2v) is 6.56. The zero-order valence-corrected chi connectivity index (χ0v) is 16.2. The lowest BCUT2D eigenvalue weighted by Gasteiger charge is -2.24. The van der Waals surface area contributed by atoms with Gasteiger partial charge in [-0.2, -0.15) is 0 Å². The minimum absolute atomic E-state index is 0.517. The number of benzene rings is 1. The molecule has 0 radical (unpaired) electrons. The molecule has 0 amide bonds. The summed E-state index contributed by atoms with van der Waals surface area (Å²) in [7, 11) is 0. The Morgan fingerprint density at radius 2 is 1.52 bits per heavy atom. The van der Waals surface area contributed by atoms with Crippen LogP contribution < -0.4 is 4.74 Å². The Labute approximate surface area is 147 Å². The Balaban J connectivity index is 3.27. The molecule has 3 heteroatoms. The fourth-order valence-corrected chi connectivity index (χ4v) is 2.93. The normalized spacial score (nSPS) is 13.8. The van der Waals surface area contributed by atoms with Gasteiger partial charge >= 0.3 is 0 Å². The van der Waals surface area contributed by atoms with Gasteiger partial charge in [-0.1, -0.05) is 27.7 Å². The predicted molar refractivity (Wildman–Crippen MR) is 100 cm³/mol. The van der Waals surface area contributed by atoms with Crippen LogP contribution >= 0.6 is 11.6 Å². The molecule has 2 nitrogen and oxygen atoms in total. The van der Waals surface area contributed by atoms with Crippen LogP contribution in [0.2, 0.25) is 0 Å². The average molecular weight is 341 g/mol. The maximum atomic E-state index is 5.84. The van der Waals surface area contributed by atoms with Gasteiger partial charge in [0.1, 0.15) is 12.4 Å². The van der Waals surface area contributed by atoms with Crippen molar-refractivity contribution in [3.05, 3.63) is 28.8 Å². The Morgan fingerprint density at radius 1 is 0.957 bits per heavy atom. The molecule has 2 atom stereocenters. The highest BCUT2D eigenvalue weighted by Gasteiger charge is 2.18. The predicted octanol–water partition coefficient (Wildman–Crippen LogP) is 5.91. The third-order valence-corrected chi connectivity index (χ3v) is 4.78. The van der Waals surface area contributed by atoms with Crippen molar-refractivity contribution in [2.45, 2.75) is 65.7 Å². The van der Waals surface area contributed by atoms with Crippen LogP contribution in [0.15, 0.2) is 12.1 Å². The van der Waals surface area contributed by atoms with Crippen LogP contribution in [0.4, 0.5) is 0 Å². The van der Waals surface area contributed by atoms with Crippen molar-refractivity contribution < 1.29 is 9.47 Å². The van der Waals surface area contributed by atoms with Crippen LogP contribution in [0.5, 0.6) is 5.75 Å². The van der Waals surface area contributed by atoms with Crippen molar-refractivity contribution in [2.24, 2.45) is 0 Å². The molecule has 0 N–H and O–H groups in total. The number of hydrogen-bond acceptors (Lipinski definition) is 2. The summed E-state index contributed by atoms with van der Waals surface area (Å²) in [6, 6.07) is 4.43. The van der Waals surface area contributed by atoms with E-state index in [4.69, 9.17) is 21.1 Å². The van der Waals surface area contributed by atoms with Gasteiger partial charge in [0.25, 0.3) is 0 Å². The molecule has 0 aliphatic carbocycles. The van der Waals surface area contributed by atoms with E-state index in [2.05, 4.69) is 39.8 Å². The average Bonchev–Trinajstić information content (AvgIpc) is 2.58. The SMILES string of the molecule is CCOCCc1c(C(C)CC)cc(OCCCl)cc1C(C)CC. The van der Waals surface area contributed by atoms with Gasteiger partial charge < -0.3 is 9.47 Å². The van der Waals surface area contributed by atoms with Gasteiger partial charge in [0.05, 0.1) is 12.5 Å². The van der Waals surface area contributed by atoms with Crippen LogP contribution in [-0.2, 0) is 11.2 Å². The third kappa shape index (κ3) is 6.00. The Bertz CT molecular complexity index is 428. The van der Waals surface area contributed by atoms with E-state index >= 15 is 0 Å². The quantitative estimate of drug-likeness (QED) is 0.368. The summed E-state index contributed by atoms with van der Waals surface area (Å²) < 4.78 is 11.5. The van der Waals surface area contributed by atoms with Crippen molar-refractivity contribution in [3.63, 3.8) is 0 Å². The highest BCUT2D eigenvalue weighted by molar-refractivity contribution is 6.18. The smallest absolute Gasteiger partial charge is 0.119 e. The number of rotatable bonds is 11. The van der Waals surface area contributed by atoms with E-state index in [9.17, 15) is 0 Å². The zero-order valence-electron chi connectivity index (χ0n) is 15.5. The second-order valence-electron chi connectivity index (χ2n) is 6.18. The molecule has 0 aliphatic heterocycles. The maximum Gasteiger partial charge on any atom is 0.119 e. The van der Waals surface area contributed by atoms with Crippen molar-refractivity contribution in [1.29, 1.82) is 0 Å². The van der Waals surface area contributed by atoms with E-state index in [0.29, 0.717) is 24.3 Å². The van der Waals surface area contributed by atoms with Gasteiger partial charge in [-0.25, -0.2) is 0 Å². The van der Waals surface area contributed by atoms with E-state index in [1.54, 1.807) is 0 Å². The van der Waals surface area contributed by atoms with Crippen LogP contribution in [0.3, 0.4) is 0 Å². The molecule has 1 rings (SSSR count).